The van der Waals surface area contributed by atoms with E-state index in [9.17, 15) is 9.59 Å². The molecular weight excluding hydrogens is 326 g/mol. The first kappa shape index (κ1) is 18.0. The van der Waals surface area contributed by atoms with Gasteiger partial charge in [-0.3, -0.25) is 9.59 Å². The fourth-order valence-electron chi connectivity index (χ4n) is 3.34. The van der Waals surface area contributed by atoms with Crippen LogP contribution < -0.4 is 15.5 Å². The number of para-hydroxylation sites is 1. The van der Waals surface area contributed by atoms with Crippen LogP contribution in [0.1, 0.15) is 23.6 Å². The topological polar surface area (TPSA) is 61.4 Å². The number of hydrogen-bond donors (Lipinski definition) is 2. The molecule has 0 aliphatic carbocycles. The van der Waals surface area contributed by atoms with Crippen molar-refractivity contribution in [1.29, 1.82) is 0 Å². The third-order valence-electron chi connectivity index (χ3n) is 4.99. The normalized spacial score (nSPS) is 15.5. The molecular formula is C21H25N3O2. The third-order valence-corrected chi connectivity index (χ3v) is 4.99. The smallest absolute Gasteiger partial charge is 0.243 e. The number of hydrogen-bond acceptors (Lipinski definition) is 3. The second kappa shape index (κ2) is 7.60. The molecule has 0 spiro atoms. The van der Waals surface area contributed by atoms with Crippen LogP contribution in [0, 0.1) is 13.8 Å². The minimum Gasteiger partial charge on any atom is -0.359 e. The summed E-state index contributed by atoms with van der Waals surface area (Å²) in [6.45, 7) is 6.31. The number of fused-ring (bicyclic) bond motifs is 1. The molecule has 0 radical (unpaired) electrons. The molecule has 0 saturated heterocycles. The van der Waals surface area contributed by atoms with Crippen molar-refractivity contribution in [2.45, 2.75) is 33.2 Å². The summed E-state index contributed by atoms with van der Waals surface area (Å²) < 4.78 is 0. The zero-order valence-electron chi connectivity index (χ0n) is 15.5. The van der Waals surface area contributed by atoms with E-state index in [4.69, 9.17) is 0 Å². The van der Waals surface area contributed by atoms with Gasteiger partial charge >= 0.3 is 0 Å². The molecule has 1 aliphatic heterocycles. The fraction of sp³-hybridized carbons (Fsp3) is 0.333. The number of nitrogens with one attached hydrogen (secondary N) is 2. The van der Waals surface area contributed by atoms with Gasteiger partial charge in [0.2, 0.25) is 11.8 Å². The maximum absolute atomic E-state index is 12.3. The minimum atomic E-state index is -0.220. The van der Waals surface area contributed by atoms with E-state index >= 15 is 0 Å². The Balaban J connectivity index is 1.53. The molecule has 0 fully saturated rings. The summed E-state index contributed by atoms with van der Waals surface area (Å²) in [5, 5.41) is 5.58. The average Bonchev–Trinajstić information content (AvgIpc) is 2.93. The molecule has 1 heterocycles. The van der Waals surface area contributed by atoms with E-state index in [0.29, 0.717) is 0 Å². The summed E-state index contributed by atoms with van der Waals surface area (Å²) in [4.78, 5) is 26.5. The molecule has 3 rings (SSSR count). The summed E-state index contributed by atoms with van der Waals surface area (Å²) in [5.74, 6) is -0.369. The van der Waals surface area contributed by atoms with Crippen LogP contribution in [0.5, 0.6) is 0 Å². The highest BCUT2D eigenvalue weighted by molar-refractivity contribution is 5.95. The van der Waals surface area contributed by atoms with Gasteiger partial charge in [0, 0.05) is 17.4 Å². The van der Waals surface area contributed by atoms with Crippen LogP contribution >= 0.6 is 0 Å². The Morgan fingerprint density at radius 3 is 2.65 bits per heavy atom. The second-order valence-electron chi connectivity index (χ2n) is 6.88. The third kappa shape index (κ3) is 3.87. The maximum atomic E-state index is 12.3. The van der Waals surface area contributed by atoms with Crippen LogP contribution in [0.25, 0.3) is 0 Å². The number of amides is 2. The van der Waals surface area contributed by atoms with Crippen LogP contribution in [0.3, 0.4) is 0 Å². The average molecular weight is 351 g/mol. The fourth-order valence-corrected chi connectivity index (χ4v) is 3.34. The van der Waals surface area contributed by atoms with Crippen molar-refractivity contribution in [3.05, 3.63) is 59.2 Å². The van der Waals surface area contributed by atoms with Crippen molar-refractivity contribution in [3.8, 4) is 0 Å². The van der Waals surface area contributed by atoms with Crippen molar-refractivity contribution in [1.82, 2.24) is 5.32 Å². The van der Waals surface area contributed by atoms with Gasteiger partial charge in [0.15, 0.2) is 0 Å². The lowest BCUT2D eigenvalue weighted by Crippen LogP contribution is -2.42. The van der Waals surface area contributed by atoms with Crippen LogP contribution in [0.2, 0.25) is 0 Å². The van der Waals surface area contributed by atoms with E-state index in [1.807, 2.05) is 50.2 Å². The quantitative estimate of drug-likeness (QED) is 0.871. The number of anilines is 2. The SMILES string of the molecule is Cc1cccc(NC(=O)CNC(=O)CN2c3ccccc3CC2C)c1C. The van der Waals surface area contributed by atoms with E-state index in [1.54, 1.807) is 0 Å². The Hall–Kier alpha value is -2.82. The second-order valence-corrected chi connectivity index (χ2v) is 6.88. The van der Waals surface area contributed by atoms with Crippen LogP contribution in [0.15, 0.2) is 42.5 Å². The van der Waals surface area contributed by atoms with E-state index in [-0.39, 0.29) is 30.9 Å². The minimum absolute atomic E-state index is 0.0317. The molecule has 1 aliphatic rings. The van der Waals surface area contributed by atoms with Crippen molar-refractivity contribution in [3.63, 3.8) is 0 Å². The highest BCUT2D eigenvalue weighted by atomic mass is 16.2. The zero-order chi connectivity index (χ0) is 18.7. The first-order valence-electron chi connectivity index (χ1n) is 8.93. The monoisotopic (exact) mass is 351 g/mol. The molecule has 0 bridgehead atoms. The predicted octanol–water partition coefficient (Wildman–Crippen LogP) is 2.81. The van der Waals surface area contributed by atoms with Crippen molar-refractivity contribution < 1.29 is 9.59 Å². The molecule has 2 aromatic rings. The molecule has 0 saturated carbocycles. The van der Waals surface area contributed by atoms with Gasteiger partial charge in [0.05, 0.1) is 13.1 Å². The molecule has 1 atom stereocenters. The Morgan fingerprint density at radius 2 is 1.85 bits per heavy atom. The van der Waals surface area contributed by atoms with Crippen LogP contribution in [-0.2, 0) is 16.0 Å². The molecule has 26 heavy (non-hydrogen) atoms. The summed E-state index contributed by atoms with van der Waals surface area (Å²) in [5.41, 5.74) is 5.31. The molecule has 136 valence electrons. The van der Waals surface area contributed by atoms with Crippen LogP contribution in [0.4, 0.5) is 11.4 Å². The lowest BCUT2D eigenvalue weighted by molar-refractivity contribution is -0.123. The van der Waals surface area contributed by atoms with Gasteiger partial charge in [-0.25, -0.2) is 0 Å². The van der Waals surface area contributed by atoms with E-state index in [1.165, 1.54) is 5.56 Å². The predicted molar refractivity (Wildman–Crippen MR) is 105 cm³/mol. The number of aryl methyl sites for hydroxylation is 1. The first-order valence-corrected chi connectivity index (χ1v) is 8.93. The number of carbonyl (C=O) groups excluding carboxylic acids is 2. The van der Waals surface area contributed by atoms with Gasteiger partial charge in [-0.1, -0.05) is 30.3 Å². The molecule has 5 heteroatoms. The van der Waals surface area contributed by atoms with Crippen LogP contribution in [-0.4, -0.2) is 30.9 Å². The highest BCUT2D eigenvalue weighted by Crippen LogP contribution is 2.31. The number of carbonyl (C=O) groups is 2. The Bertz CT molecular complexity index is 832. The molecule has 2 aromatic carbocycles. The van der Waals surface area contributed by atoms with Gasteiger partial charge in [-0.15, -0.1) is 0 Å². The van der Waals surface area contributed by atoms with Gasteiger partial charge in [0.25, 0.3) is 0 Å². The van der Waals surface area contributed by atoms with Gasteiger partial charge in [0.1, 0.15) is 0 Å². The summed E-state index contributed by atoms with van der Waals surface area (Å²) in [7, 11) is 0. The summed E-state index contributed by atoms with van der Waals surface area (Å²) >= 11 is 0. The van der Waals surface area contributed by atoms with Gasteiger partial charge in [-0.2, -0.15) is 0 Å². The van der Waals surface area contributed by atoms with Crippen molar-refractivity contribution in [2.24, 2.45) is 0 Å². The van der Waals surface area contributed by atoms with Crippen molar-refractivity contribution in [2.75, 3.05) is 23.3 Å². The molecule has 2 N–H and O–H groups in total. The molecule has 0 aromatic heterocycles. The first-order chi connectivity index (χ1) is 12.5. The van der Waals surface area contributed by atoms with E-state index in [2.05, 4.69) is 28.5 Å². The summed E-state index contributed by atoms with van der Waals surface area (Å²) in [6, 6.07) is 14.2. The zero-order valence-corrected chi connectivity index (χ0v) is 15.5. The van der Waals surface area contributed by atoms with E-state index in [0.717, 1.165) is 28.9 Å². The largest absolute Gasteiger partial charge is 0.359 e. The number of rotatable bonds is 5. The van der Waals surface area contributed by atoms with Gasteiger partial charge < -0.3 is 15.5 Å². The standard InChI is InChI=1S/C21H25N3O2/c1-14-7-6-9-18(16(14)3)23-20(25)12-22-21(26)13-24-15(2)11-17-8-4-5-10-19(17)24/h4-10,15H,11-13H2,1-3H3,(H,22,26)(H,23,25). The highest BCUT2D eigenvalue weighted by Gasteiger charge is 2.27. The molecule has 5 nitrogen and oxygen atoms in total. The Kier molecular flexibility index (Phi) is 5.26. The number of nitrogens with zero attached hydrogens (tertiary/aromatic N) is 1. The Morgan fingerprint density at radius 1 is 1.08 bits per heavy atom. The van der Waals surface area contributed by atoms with Crippen molar-refractivity contribution >= 4 is 23.2 Å². The summed E-state index contributed by atoms with van der Waals surface area (Å²) in [6.07, 6.45) is 0.941. The molecule has 2 amide bonds. The lowest BCUT2D eigenvalue weighted by Gasteiger charge is -2.24. The number of benzene rings is 2. The maximum Gasteiger partial charge on any atom is 0.243 e. The lowest BCUT2D eigenvalue weighted by atomic mass is 10.1. The van der Waals surface area contributed by atoms with E-state index < -0.39 is 0 Å². The van der Waals surface area contributed by atoms with Gasteiger partial charge in [-0.05, 0) is 56.0 Å². The molecule has 1 unspecified atom stereocenters. The Labute approximate surface area is 154 Å².